The lowest BCUT2D eigenvalue weighted by Crippen LogP contribution is -2.21. The van der Waals surface area contributed by atoms with E-state index in [9.17, 15) is 10.1 Å². The molecule has 6 heteroatoms. The number of aliphatic hydroxyl groups is 1. The number of pyridine rings is 1. The van der Waals surface area contributed by atoms with E-state index in [-0.39, 0.29) is 12.3 Å². The van der Waals surface area contributed by atoms with E-state index in [1.54, 1.807) is 12.3 Å². The van der Waals surface area contributed by atoms with Crippen LogP contribution in [0.5, 0.6) is 0 Å². The normalized spacial score (nSPS) is 19.6. The first kappa shape index (κ1) is 11.8. The summed E-state index contributed by atoms with van der Waals surface area (Å²) in [6.07, 6.45) is 4.59. The predicted molar refractivity (Wildman–Crippen MR) is 62.9 cm³/mol. The van der Waals surface area contributed by atoms with Crippen LogP contribution in [-0.2, 0) is 0 Å². The van der Waals surface area contributed by atoms with Gasteiger partial charge in [0, 0.05) is 25.9 Å². The molecule has 2 heterocycles. The van der Waals surface area contributed by atoms with Crippen molar-refractivity contribution in [1.82, 2.24) is 4.98 Å². The minimum atomic E-state index is -0.401. The zero-order valence-corrected chi connectivity index (χ0v) is 9.45. The van der Waals surface area contributed by atoms with Crippen molar-refractivity contribution in [2.75, 3.05) is 24.6 Å². The molecule has 0 radical (unpaired) electrons. The summed E-state index contributed by atoms with van der Waals surface area (Å²) in [5.74, 6) is 0.424. The van der Waals surface area contributed by atoms with Crippen LogP contribution < -0.4 is 4.90 Å². The molecule has 1 aromatic rings. The van der Waals surface area contributed by atoms with Crippen molar-refractivity contribution >= 4 is 11.4 Å². The van der Waals surface area contributed by atoms with Crippen LogP contribution in [0, 0.1) is 16.0 Å². The highest BCUT2D eigenvalue weighted by Gasteiger charge is 2.27. The number of anilines is 1. The summed E-state index contributed by atoms with van der Waals surface area (Å²) in [6, 6.07) is 1.68. The van der Waals surface area contributed by atoms with Gasteiger partial charge in [0.15, 0.2) is 0 Å². The van der Waals surface area contributed by atoms with Crippen LogP contribution in [0.1, 0.15) is 12.8 Å². The van der Waals surface area contributed by atoms with Crippen LogP contribution in [0.3, 0.4) is 0 Å². The number of nitro groups is 1. The van der Waals surface area contributed by atoms with E-state index in [4.69, 9.17) is 5.11 Å². The Bertz CT molecular complexity index is 411. The second kappa shape index (κ2) is 5.09. The van der Waals surface area contributed by atoms with E-state index in [1.165, 1.54) is 6.20 Å². The molecule has 17 heavy (non-hydrogen) atoms. The van der Waals surface area contributed by atoms with Crippen molar-refractivity contribution < 1.29 is 10.0 Å². The molecule has 2 rings (SSSR count). The molecule has 92 valence electrons. The molecule has 1 atom stereocenters. The van der Waals surface area contributed by atoms with Gasteiger partial charge in [-0.15, -0.1) is 0 Å². The van der Waals surface area contributed by atoms with E-state index < -0.39 is 4.92 Å². The molecular formula is C11H15N3O3. The van der Waals surface area contributed by atoms with Gasteiger partial charge in [-0.1, -0.05) is 0 Å². The third-order valence-electron chi connectivity index (χ3n) is 3.14. The van der Waals surface area contributed by atoms with Crippen LogP contribution in [0.15, 0.2) is 18.5 Å². The SMILES string of the molecule is O=[N+]([O-])c1cnccc1N1CCC(CCO)C1. The fraction of sp³-hybridized carbons (Fsp3) is 0.545. The molecule has 0 aromatic carbocycles. The molecule has 1 fully saturated rings. The summed E-state index contributed by atoms with van der Waals surface area (Å²) in [5, 5.41) is 19.8. The number of nitrogens with zero attached hydrogens (tertiary/aromatic N) is 3. The first-order valence-electron chi connectivity index (χ1n) is 5.66. The van der Waals surface area contributed by atoms with Crippen LogP contribution in [0.25, 0.3) is 0 Å². The van der Waals surface area contributed by atoms with Crippen molar-refractivity contribution in [3.63, 3.8) is 0 Å². The molecule has 1 saturated heterocycles. The van der Waals surface area contributed by atoms with Gasteiger partial charge in [-0.25, -0.2) is 0 Å². The highest BCUT2D eigenvalue weighted by atomic mass is 16.6. The van der Waals surface area contributed by atoms with Crippen molar-refractivity contribution in [3.05, 3.63) is 28.6 Å². The quantitative estimate of drug-likeness (QED) is 0.628. The second-order valence-electron chi connectivity index (χ2n) is 4.23. The maximum Gasteiger partial charge on any atom is 0.310 e. The predicted octanol–water partition coefficient (Wildman–Crippen LogP) is 1.20. The van der Waals surface area contributed by atoms with Gasteiger partial charge in [-0.2, -0.15) is 0 Å². The van der Waals surface area contributed by atoms with Crippen LogP contribution in [0.4, 0.5) is 11.4 Å². The van der Waals surface area contributed by atoms with Crippen LogP contribution >= 0.6 is 0 Å². The van der Waals surface area contributed by atoms with E-state index in [0.29, 0.717) is 11.6 Å². The molecule has 0 amide bonds. The lowest BCUT2D eigenvalue weighted by Gasteiger charge is -2.17. The lowest BCUT2D eigenvalue weighted by atomic mass is 10.1. The van der Waals surface area contributed by atoms with Gasteiger partial charge in [0.1, 0.15) is 11.9 Å². The smallest absolute Gasteiger partial charge is 0.310 e. The monoisotopic (exact) mass is 237 g/mol. The zero-order valence-electron chi connectivity index (χ0n) is 9.45. The molecule has 0 aliphatic carbocycles. The summed E-state index contributed by atoms with van der Waals surface area (Å²) in [6.45, 7) is 1.75. The maximum absolute atomic E-state index is 10.9. The molecular weight excluding hydrogens is 222 g/mol. The molecule has 1 N–H and O–H groups in total. The fourth-order valence-corrected chi connectivity index (χ4v) is 2.26. The molecule has 1 aliphatic rings. The van der Waals surface area contributed by atoms with Gasteiger partial charge in [-0.3, -0.25) is 15.1 Å². The Morgan fingerprint density at radius 1 is 1.65 bits per heavy atom. The van der Waals surface area contributed by atoms with Crippen LogP contribution in [-0.4, -0.2) is 34.7 Å². The third-order valence-corrected chi connectivity index (χ3v) is 3.14. The molecule has 1 unspecified atom stereocenters. The van der Waals surface area contributed by atoms with E-state index in [0.717, 1.165) is 25.9 Å². The number of aromatic nitrogens is 1. The fourth-order valence-electron chi connectivity index (χ4n) is 2.26. The van der Waals surface area contributed by atoms with Crippen molar-refractivity contribution in [2.24, 2.45) is 5.92 Å². The summed E-state index contributed by atoms with van der Waals surface area (Å²) >= 11 is 0. The van der Waals surface area contributed by atoms with Gasteiger partial charge in [0.05, 0.1) is 4.92 Å². The Morgan fingerprint density at radius 2 is 2.47 bits per heavy atom. The van der Waals surface area contributed by atoms with Gasteiger partial charge in [0.2, 0.25) is 0 Å². The molecule has 0 bridgehead atoms. The Hall–Kier alpha value is -1.69. The Labute approximate surface area is 99.0 Å². The molecule has 6 nitrogen and oxygen atoms in total. The number of aliphatic hydroxyl groups excluding tert-OH is 1. The third kappa shape index (κ3) is 2.52. The van der Waals surface area contributed by atoms with Gasteiger partial charge < -0.3 is 10.0 Å². The van der Waals surface area contributed by atoms with E-state index in [2.05, 4.69) is 4.98 Å². The summed E-state index contributed by atoms with van der Waals surface area (Å²) in [7, 11) is 0. The Balaban J connectivity index is 2.16. The summed E-state index contributed by atoms with van der Waals surface area (Å²) in [5.41, 5.74) is 0.683. The topological polar surface area (TPSA) is 79.5 Å². The molecule has 0 spiro atoms. The average molecular weight is 237 g/mol. The minimum absolute atomic E-state index is 0.0529. The number of hydrogen-bond donors (Lipinski definition) is 1. The molecule has 1 aliphatic heterocycles. The zero-order chi connectivity index (χ0) is 12.3. The Kier molecular flexibility index (Phi) is 3.53. The summed E-state index contributed by atoms with van der Waals surface area (Å²) < 4.78 is 0. The van der Waals surface area contributed by atoms with Crippen molar-refractivity contribution in [2.45, 2.75) is 12.8 Å². The van der Waals surface area contributed by atoms with Crippen molar-refractivity contribution in [3.8, 4) is 0 Å². The molecule has 0 saturated carbocycles. The number of hydrogen-bond acceptors (Lipinski definition) is 5. The first-order chi connectivity index (χ1) is 8.22. The van der Waals surface area contributed by atoms with Gasteiger partial charge in [0.25, 0.3) is 0 Å². The largest absolute Gasteiger partial charge is 0.396 e. The minimum Gasteiger partial charge on any atom is -0.396 e. The highest BCUT2D eigenvalue weighted by molar-refractivity contribution is 5.62. The maximum atomic E-state index is 10.9. The summed E-state index contributed by atoms with van der Waals surface area (Å²) in [4.78, 5) is 16.3. The van der Waals surface area contributed by atoms with Crippen LogP contribution in [0.2, 0.25) is 0 Å². The van der Waals surface area contributed by atoms with Crippen molar-refractivity contribution in [1.29, 1.82) is 0 Å². The number of rotatable bonds is 4. The van der Waals surface area contributed by atoms with Gasteiger partial charge in [-0.05, 0) is 24.8 Å². The van der Waals surface area contributed by atoms with Gasteiger partial charge >= 0.3 is 5.69 Å². The second-order valence-corrected chi connectivity index (χ2v) is 4.23. The first-order valence-corrected chi connectivity index (χ1v) is 5.66. The standard InChI is InChI=1S/C11H15N3O3/c15-6-3-9-2-5-13(8-9)10-1-4-12-7-11(10)14(16)17/h1,4,7,9,15H,2-3,5-6,8H2. The molecule has 1 aromatic heterocycles. The lowest BCUT2D eigenvalue weighted by molar-refractivity contribution is -0.384. The highest BCUT2D eigenvalue weighted by Crippen LogP contribution is 2.31. The van der Waals surface area contributed by atoms with E-state index in [1.807, 2.05) is 4.90 Å². The van der Waals surface area contributed by atoms with E-state index >= 15 is 0 Å². The average Bonchev–Trinajstić information content (AvgIpc) is 2.78. The Morgan fingerprint density at radius 3 is 3.18 bits per heavy atom.